The summed E-state index contributed by atoms with van der Waals surface area (Å²) in [7, 11) is -3.29. The first-order chi connectivity index (χ1) is 13.0. The van der Waals surface area contributed by atoms with Crippen molar-refractivity contribution in [2.75, 3.05) is 18.4 Å². The molecule has 0 saturated carbocycles. The van der Waals surface area contributed by atoms with Crippen molar-refractivity contribution in [3.05, 3.63) is 47.3 Å². The molecule has 8 heteroatoms. The lowest BCUT2D eigenvalue weighted by molar-refractivity contribution is 0.328. The number of piperidine rings is 1. The highest BCUT2D eigenvalue weighted by Crippen LogP contribution is 2.19. The first-order valence-corrected chi connectivity index (χ1v) is 11.1. The van der Waals surface area contributed by atoms with Gasteiger partial charge in [0.25, 0.3) is 0 Å². The first-order valence-electron chi connectivity index (χ1n) is 9.52. The van der Waals surface area contributed by atoms with Crippen LogP contribution < -0.4 is 5.32 Å². The van der Waals surface area contributed by atoms with Gasteiger partial charge in [-0.25, -0.2) is 17.7 Å². The number of hydrogen-bond acceptors (Lipinski definition) is 6. The highest BCUT2D eigenvalue weighted by atomic mass is 32.2. The van der Waals surface area contributed by atoms with E-state index < -0.39 is 10.0 Å². The van der Waals surface area contributed by atoms with Gasteiger partial charge in [-0.1, -0.05) is 44.2 Å². The third kappa shape index (κ3) is 5.01. The fraction of sp³-hybridized carbons (Fsp3) is 0.526. The molecule has 0 unspecified atom stereocenters. The van der Waals surface area contributed by atoms with E-state index in [0.717, 1.165) is 42.6 Å². The van der Waals surface area contributed by atoms with Gasteiger partial charge in [-0.05, 0) is 31.2 Å². The van der Waals surface area contributed by atoms with E-state index in [1.807, 2.05) is 37.3 Å². The second-order valence-electron chi connectivity index (χ2n) is 6.80. The SMILES string of the molecule is CCc1nnc(NC2CCN(S(=O)(=O)Cc3ccccc3)CC2)nc1CC. The summed E-state index contributed by atoms with van der Waals surface area (Å²) in [6, 6.07) is 9.48. The van der Waals surface area contributed by atoms with Crippen molar-refractivity contribution in [2.45, 2.75) is 51.3 Å². The molecule has 2 aromatic rings. The zero-order valence-electron chi connectivity index (χ0n) is 15.9. The summed E-state index contributed by atoms with van der Waals surface area (Å²) in [5.74, 6) is 0.590. The molecule has 1 N–H and O–H groups in total. The number of nitrogens with one attached hydrogen (secondary N) is 1. The minimum absolute atomic E-state index is 0.0529. The van der Waals surface area contributed by atoms with Gasteiger partial charge < -0.3 is 5.32 Å². The summed E-state index contributed by atoms with van der Waals surface area (Å²) in [6.07, 6.45) is 3.10. The van der Waals surface area contributed by atoms with Crippen LogP contribution in [0.25, 0.3) is 0 Å². The van der Waals surface area contributed by atoms with E-state index in [4.69, 9.17) is 0 Å². The number of rotatable bonds is 7. The van der Waals surface area contributed by atoms with E-state index in [1.54, 1.807) is 4.31 Å². The van der Waals surface area contributed by atoms with Crippen molar-refractivity contribution in [2.24, 2.45) is 0 Å². The molecule has 1 aromatic heterocycles. The van der Waals surface area contributed by atoms with Crippen molar-refractivity contribution >= 4 is 16.0 Å². The van der Waals surface area contributed by atoms with Crippen LogP contribution in [0.5, 0.6) is 0 Å². The van der Waals surface area contributed by atoms with Crippen LogP contribution in [0, 0.1) is 0 Å². The van der Waals surface area contributed by atoms with Crippen LogP contribution in [-0.2, 0) is 28.6 Å². The average Bonchev–Trinajstić information content (AvgIpc) is 2.68. The van der Waals surface area contributed by atoms with E-state index in [9.17, 15) is 8.42 Å². The molecular formula is C19H27N5O2S. The maximum atomic E-state index is 12.6. The summed E-state index contributed by atoms with van der Waals surface area (Å²) < 4.78 is 26.9. The highest BCUT2D eigenvalue weighted by molar-refractivity contribution is 7.88. The monoisotopic (exact) mass is 389 g/mol. The standard InChI is InChI=1S/C19H27N5O2S/c1-3-17-18(4-2)22-23-19(21-17)20-16-10-12-24(13-11-16)27(25,26)14-15-8-6-5-7-9-15/h5-9,16H,3-4,10-14H2,1-2H3,(H,20,21,23). The predicted octanol–water partition coefficient (Wildman–Crippen LogP) is 2.40. The lowest BCUT2D eigenvalue weighted by atomic mass is 10.1. The van der Waals surface area contributed by atoms with Crippen LogP contribution in [0.15, 0.2) is 30.3 Å². The van der Waals surface area contributed by atoms with Gasteiger partial charge >= 0.3 is 0 Å². The van der Waals surface area contributed by atoms with Crippen LogP contribution >= 0.6 is 0 Å². The van der Waals surface area contributed by atoms with E-state index in [-0.39, 0.29) is 11.8 Å². The van der Waals surface area contributed by atoms with Crippen molar-refractivity contribution < 1.29 is 8.42 Å². The minimum Gasteiger partial charge on any atom is -0.350 e. The molecule has 146 valence electrons. The topological polar surface area (TPSA) is 88.1 Å². The van der Waals surface area contributed by atoms with Crippen LogP contribution in [-0.4, -0.2) is 47.0 Å². The van der Waals surface area contributed by atoms with Gasteiger partial charge in [0.15, 0.2) is 0 Å². The molecule has 0 atom stereocenters. The van der Waals surface area contributed by atoms with Crippen LogP contribution in [0.3, 0.4) is 0 Å². The average molecular weight is 390 g/mol. The maximum Gasteiger partial charge on any atom is 0.243 e. The first kappa shape index (κ1) is 19.7. The van der Waals surface area contributed by atoms with Gasteiger partial charge in [0.2, 0.25) is 16.0 Å². The lowest BCUT2D eigenvalue weighted by Gasteiger charge is -2.31. The van der Waals surface area contributed by atoms with Crippen LogP contribution in [0.2, 0.25) is 0 Å². The second kappa shape index (κ2) is 8.75. The summed E-state index contributed by atoms with van der Waals surface area (Å²) in [5, 5.41) is 11.7. The van der Waals surface area contributed by atoms with Gasteiger partial charge in [-0.3, -0.25) is 0 Å². The Balaban J connectivity index is 1.57. The number of hydrogen-bond donors (Lipinski definition) is 1. The maximum absolute atomic E-state index is 12.6. The Morgan fingerprint density at radius 1 is 1.04 bits per heavy atom. The van der Waals surface area contributed by atoms with Gasteiger partial charge in [0.05, 0.1) is 17.1 Å². The molecule has 0 aliphatic carbocycles. The predicted molar refractivity (Wildman–Crippen MR) is 106 cm³/mol. The Hall–Kier alpha value is -2.06. The minimum atomic E-state index is -3.29. The highest BCUT2D eigenvalue weighted by Gasteiger charge is 2.28. The van der Waals surface area contributed by atoms with E-state index in [0.29, 0.717) is 19.0 Å². The normalized spacial score (nSPS) is 16.4. The molecule has 1 aliphatic rings. The van der Waals surface area contributed by atoms with Gasteiger partial charge in [0, 0.05) is 19.1 Å². The zero-order chi connectivity index (χ0) is 19.3. The zero-order valence-corrected chi connectivity index (χ0v) is 16.7. The molecule has 1 fully saturated rings. The van der Waals surface area contributed by atoms with Crippen molar-refractivity contribution in [1.82, 2.24) is 19.5 Å². The van der Waals surface area contributed by atoms with Crippen LogP contribution in [0.1, 0.15) is 43.6 Å². The van der Waals surface area contributed by atoms with Crippen molar-refractivity contribution in [3.63, 3.8) is 0 Å². The van der Waals surface area contributed by atoms with Crippen LogP contribution in [0.4, 0.5) is 5.95 Å². The number of nitrogens with zero attached hydrogens (tertiary/aromatic N) is 4. The number of anilines is 1. The number of sulfonamides is 1. The molecule has 0 spiro atoms. The molecule has 3 rings (SSSR count). The molecule has 27 heavy (non-hydrogen) atoms. The van der Waals surface area contributed by atoms with E-state index in [2.05, 4.69) is 27.4 Å². The number of aryl methyl sites for hydroxylation is 2. The molecule has 0 radical (unpaired) electrons. The van der Waals surface area contributed by atoms with Gasteiger partial charge in [-0.2, -0.15) is 5.10 Å². The van der Waals surface area contributed by atoms with E-state index in [1.165, 1.54) is 0 Å². The smallest absolute Gasteiger partial charge is 0.243 e. The molecule has 0 bridgehead atoms. The molecular weight excluding hydrogens is 362 g/mol. The Labute approximate surface area is 161 Å². The third-order valence-corrected chi connectivity index (χ3v) is 6.73. The molecule has 0 amide bonds. The number of aromatic nitrogens is 3. The lowest BCUT2D eigenvalue weighted by Crippen LogP contribution is -2.43. The van der Waals surface area contributed by atoms with Gasteiger partial charge in [0.1, 0.15) is 0 Å². The quantitative estimate of drug-likeness (QED) is 0.782. The number of benzene rings is 1. The molecule has 1 saturated heterocycles. The van der Waals surface area contributed by atoms with Gasteiger partial charge in [-0.15, -0.1) is 5.10 Å². The van der Waals surface area contributed by atoms with Crippen molar-refractivity contribution in [1.29, 1.82) is 0 Å². The summed E-state index contributed by atoms with van der Waals surface area (Å²) >= 11 is 0. The third-order valence-electron chi connectivity index (χ3n) is 4.88. The molecule has 1 aliphatic heterocycles. The fourth-order valence-electron chi connectivity index (χ4n) is 3.34. The largest absolute Gasteiger partial charge is 0.350 e. The Kier molecular flexibility index (Phi) is 6.38. The fourth-order valence-corrected chi connectivity index (χ4v) is 4.90. The van der Waals surface area contributed by atoms with E-state index >= 15 is 0 Å². The molecule has 2 heterocycles. The summed E-state index contributed by atoms with van der Waals surface area (Å²) in [5.41, 5.74) is 2.73. The molecule has 7 nitrogen and oxygen atoms in total. The molecule has 1 aromatic carbocycles. The second-order valence-corrected chi connectivity index (χ2v) is 8.76. The Morgan fingerprint density at radius 2 is 1.70 bits per heavy atom. The Bertz CT molecular complexity index is 850. The summed E-state index contributed by atoms with van der Waals surface area (Å²) in [6.45, 7) is 5.12. The Morgan fingerprint density at radius 3 is 2.33 bits per heavy atom. The van der Waals surface area contributed by atoms with Crippen molar-refractivity contribution in [3.8, 4) is 0 Å². The summed E-state index contributed by atoms with van der Waals surface area (Å²) in [4.78, 5) is 4.56.